The quantitative estimate of drug-likeness (QED) is 0.819. The lowest BCUT2D eigenvalue weighted by atomic mass is 9.90. The molecule has 17 heavy (non-hydrogen) atoms. The Morgan fingerprint density at radius 1 is 1.35 bits per heavy atom. The molecule has 1 aromatic rings. The third-order valence-corrected chi connectivity index (χ3v) is 3.54. The van der Waals surface area contributed by atoms with E-state index < -0.39 is 0 Å². The Balaban J connectivity index is 2.20. The molecular weight excluding hydrogens is 210 g/mol. The molecule has 2 rings (SSSR count). The zero-order chi connectivity index (χ0) is 12.3. The van der Waals surface area contributed by atoms with Gasteiger partial charge in [-0.3, -0.25) is 0 Å². The molecule has 0 aromatic heterocycles. The van der Waals surface area contributed by atoms with Gasteiger partial charge in [0, 0.05) is 12.1 Å². The second-order valence-corrected chi connectivity index (χ2v) is 4.81. The molecule has 1 saturated carbocycles. The van der Waals surface area contributed by atoms with Crippen LogP contribution >= 0.6 is 0 Å². The maximum atomic E-state index is 9.12. The molecule has 2 atom stereocenters. The van der Waals surface area contributed by atoms with Gasteiger partial charge < -0.3 is 11.1 Å². The second kappa shape index (κ2) is 5.20. The lowest BCUT2D eigenvalue weighted by molar-refractivity contribution is 0.404. The third kappa shape index (κ3) is 2.59. The van der Waals surface area contributed by atoms with Crippen molar-refractivity contribution in [2.24, 2.45) is 5.73 Å². The molecule has 1 aliphatic carbocycles. The van der Waals surface area contributed by atoms with E-state index in [-0.39, 0.29) is 6.04 Å². The molecular formula is C14H19N3. The van der Waals surface area contributed by atoms with Crippen molar-refractivity contribution in [3.63, 3.8) is 0 Å². The zero-order valence-corrected chi connectivity index (χ0v) is 10.2. The fourth-order valence-electron chi connectivity index (χ4n) is 2.48. The average Bonchev–Trinajstić information content (AvgIpc) is 2.34. The van der Waals surface area contributed by atoms with Crippen molar-refractivity contribution in [1.29, 1.82) is 5.26 Å². The molecule has 0 aliphatic heterocycles. The van der Waals surface area contributed by atoms with E-state index in [9.17, 15) is 0 Å². The number of benzene rings is 1. The molecule has 1 aliphatic rings. The van der Waals surface area contributed by atoms with Crippen LogP contribution in [0, 0.1) is 18.3 Å². The molecule has 0 bridgehead atoms. The normalized spacial score (nSPS) is 24.1. The van der Waals surface area contributed by atoms with E-state index in [2.05, 4.69) is 11.4 Å². The topological polar surface area (TPSA) is 61.8 Å². The van der Waals surface area contributed by atoms with Crippen LogP contribution < -0.4 is 11.1 Å². The Hall–Kier alpha value is -1.53. The molecule has 90 valence electrons. The van der Waals surface area contributed by atoms with Crippen molar-refractivity contribution in [3.05, 3.63) is 29.3 Å². The Labute approximate surface area is 103 Å². The van der Waals surface area contributed by atoms with Crippen molar-refractivity contribution in [1.82, 2.24) is 0 Å². The van der Waals surface area contributed by atoms with Gasteiger partial charge in [-0.25, -0.2) is 0 Å². The van der Waals surface area contributed by atoms with E-state index in [1.54, 1.807) is 0 Å². The summed E-state index contributed by atoms with van der Waals surface area (Å²) in [5.74, 6) is 0. The molecule has 2 unspecified atom stereocenters. The van der Waals surface area contributed by atoms with Crippen molar-refractivity contribution in [2.45, 2.75) is 44.7 Å². The highest BCUT2D eigenvalue weighted by Gasteiger charge is 2.22. The summed E-state index contributed by atoms with van der Waals surface area (Å²) in [6.07, 6.45) is 4.61. The van der Waals surface area contributed by atoms with Crippen LogP contribution in [-0.2, 0) is 0 Å². The predicted molar refractivity (Wildman–Crippen MR) is 69.7 cm³/mol. The smallest absolute Gasteiger partial charge is 0.101 e. The lowest BCUT2D eigenvalue weighted by Crippen LogP contribution is -2.42. The summed E-state index contributed by atoms with van der Waals surface area (Å²) in [5.41, 5.74) is 8.90. The maximum absolute atomic E-state index is 9.12. The highest BCUT2D eigenvalue weighted by Crippen LogP contribution is 2.25. The largest absolute Gasteiger partial charge is 0.379 e. The molecule has 0 spiro atoms. The summed E-state index contributed by atoms with van der Waals surface area (Å²) < 4.78 is 0. The molecule has 0 radical (unpaired) electrons. The zero-order valence-electron chi connectivity index (χ0n) is 10.2. The Morgan fingerprint density at radius 2 is 2.12 bits per heavy atom. The SMILES string of the molecule is Cc1cccc(C#N)c1NC1CCCCC1N. The molecule has 0 amide bonds. The van der Waals surface area contributed by atoms with Gasteiger partial charge in [-0.2, -0.15) is 5.26 Å². The molecule has 3 N–H and O–H groups in total. The monoisotopic (exact) mass is 229 g/mol. The first kappa shape index (κ1) is 11.9. The molecule has 0 saturated heterocycles. The van der Waals surface area contributed by atoms with Crippen LogP contribution in [0.4, 0.5) is 5.69 Å². The van der Waals surface area contributed by atoms with Crippen molar-refractivity contribution in [2.75, 3.05) is 5.32 Å². The van der Waals surface area contributed by atoms with E-state index in [1.165, 1.54) is 12.8 Å². The van der Waals surface area contributed by atoms with Gasteiger partial charge in [-0.15, -0.1) is 0 Å². The van der Waals surface area contributed by atoms with Crippen molar-refractivity contribution in [3.8, 4) is 6.07 Å². The number of nitrogens with zero attached hydrogens (tertiary/aromatic N) is 1. The number of hydrogen-bond donors (Lipinski definition) is 2. The lowest BCUT2D eigenvalue weighted by Gasteiger charge is -2.31. The summed E-state index contributed by atoms with van der Waals surface area (Å²) in [7, 11) is 0. The van der Waals surface area contributed by atoms with Gasteiger partial charge in [0.05, 0.1) is 11.3 Å². The van der Waals surface area contributed by atoms with Gasteiger partial charge >= 0.3 is 0 Å². The summed E-state index contributed by atoms with van der Waals surface area (Å²) in [6, 6.07) is 8.54. The number of rotatable bonds is 2. The van der Waals surface area contributed by atoms with Gasteiger partial charge in [-0.05, 0) is 31.4 Å². The second-order valence-electron chi connectivity index (χ2n) is 4.81. The van der Waals surface area contributed by atoms with Crippen molar-refractivity contribution >= 4 is 5.69 Å². The standard InChI is InChI=1S/C14H19N3/c1-10-5-4-6-11(9-15)14(10)17-13-8-3-2-7-12(13)16/h4-6,12-13,17H,2-3,7-8,16H2,1H3. The Morgan fingerprint density at radius 3 is 2.82 bits per heavy atom. The third-order valence-electron chi connectivity index (χ3n) is 3.54. The first-order valence-electron chi connectivity index (χ1n) is 6.24. The number of nitriles is 1. The first-order valence-corrected chi connectivity index (χ1v) is 6.24. The van der Waals surface area contributed by atoms with Gasteiger partial charge in [0.25, 0.3) is 0 Å². The maximum Gasteiger partial charge on any atom is 0.101 e. The van der Waals surface area contributed by atoms with E-state index in [1.807, 2.05) is 25.1 Å². The molecule has 3 heteroatoms. The van der Waals surface area contributed by atoms with Gasteiger partial charge in [0.15, 0.2) is 0 Å². The first-order chi connectivity index (χ1) is 8.22. The number of aryl methyl sites for hydroxylation is 1. The molecule has 1 aromatic carbocycles. The van der Waals surface area contributed by atoms with Crippen LogP contribution in [0.2, 0.25) is 0 Å². The summed E-state index contributed by atoms with van der Waals surface area (Å²) in [6.45, 7) is 2.03. The fraction of sp³-hybridized carbons (Fsp3) is 0.500. The predicted octanol–water partition coefficient (Wildman–Crippen LogP) is 2.55. The molecule has 0 heterocycles. The van der Waals surface area contributed by atoms with E-state index >= 15 is 0 Å². The highest BCUT2D eigenvalue weighted by molar-refractivity contribution is 5.62. The van der Waals surface area contributed by atoms with E-state index in [0.717, 1.165) is 24.1 Å². The minimum atomic E-state index is 0.204. The van der Waals surface area contributed by atoms with Crippen LogP contribution in [-0.4, -0.2) is 12.1 Å². The highest BCUT2D eigenvalue weighted by atomic mass is 15.0. The summed E-state index contributed by atoms with van der Waals surface area (Å²) >= 11 is 0. The number of nitrogens with one attached hydrogen (secondary N) is 1. The molecule has 1 fully saturated rings. The summed E-state index contributed by atoms with van der Waals surface area (Å²) in [5, 5.41) is 12.6. The van der Waals surface area contributed by atoms with Crippen molar-refractivity contribution < 1.29 is 0 Å². The van der Waals surface area contributed by atoms with E-state index in [4.69, 9.17) is 11.0 Å². The minimum absolute atomic E-state index is 0.204. The van der Waals surface area contributed by atoms with Gasteiger partial charge in [-0.1, -0.05) is 25.0 Å². The Bertz CT molecular complexity index is 434. The van der Waals surface area contributed by atoms with Crippen LogP contribution in [0.3, 0.4) is 0 Å². The van der Waals surface area contributed by atoms with Gasteiger partial charge in [0.2, 0.25) is 0 Å². The number of nitrogens with two attached hydrogens (primary N) is 1. The van der Waals surface area contributed by atoms with E-state index in [0.29, 0.717) is 11.6 Å². The van der Waals surface area contributed by atoms with Gasteiger partial charge in [0.1, 0.15) is 6.07 Å². The fourth-order valence-corrected chi connectivity index (χ4v) is 2.48. The van der Waals surface area contributed by atoms with Crippen LogP contribution in [0.1, 0.15) is 36.8 Å². The summed E-state index contributed by atoms with van der Waals surface area (Å²) in [4.78, 5) is 0. The number of anilines is 1. The number of para-hydroxylation sites is 1. The number of hydrogen-bond acceptors (Lipinski definition) is 3. The Kier molecular flexibility index (Phi) is 3.65. The molecule has 3 nitrogen and oxygen atoms in total. The van der Waals surface area contributed by atoms with Crippen LogP contribution in [0.15, 0.2) is 18.2 Å². The van der Waals surface area contributed by atoms with Crippen LogP contribution in [0.25, 0.3) is 0 Å². The minimum Gasteiger partial charge on any atom is -0.379 e. The average molecular weight is 229 g/mol. The van der Waals surface area contributed by atoms with Crippen LogP contribution in [0.5, 0.6) is 0 Å².